The van der Waals surface area contributed by atoms with Gasteiger partial charge in [-0.1, -0.05) is 12.1 Å². The van der Waals surface area contributed by atoms with E-state index >= 15 is 0 Å². The minimum atomic E-state index is 0.213. The van der Waals surface area contributed by atoms with Crippen molar-refractivity contribution in [2.45, 2.75) is 13.5 Å². The number of hydrogen-bond acceptors (Lipinski definition) is 3. The average molecular weight is 230 g/mol. The van der Waals surface area contributed by atoms with Crippen molar-refractivity contribution in [3.8, 4) is 17.2 Å². The Morgan fingerprint density at radius 3 is 2.35 bits per heavy atom. The summed E-state index contributed by atoms with van der Waals surface area (Å²) < 4.78 is 5.52. The molecule has 0 saturated heterocycles. The van der Waals surface area contributed by atoms with Gasteiger partial charge in [-0.05, 0) is 48.4 Å². The van der Waals surface area contributed by atoms with E-state index in [9.17, 15) is 5.11 Å². The Hall–Kier alpha value is -2.16. The molecule has 0 aliphatic carbocycles. The molecule has 0 amide bonds. The SMILES string of the molecule is Cc1ccc(COc2ccc(O)cc2)cc1O. The third kappa shape index (κ3) is 2.91. The second kappa shape index (κ2) is 4.78. The van der Waals surface area contributed by atoms with Crippen LogP contribution in [0.4, 0.5) is 0 Å². The van der Waals surface area contributed by atoms with Crippen LogP contribution < -0.4 is 4.74 Å². The van der Waals surface area contributed by atoms with Gasteiger partial charge in [0.1, 0.15) is 23.9 Å². The van der Waals surface area contributed by atoms with E-state index in [0.29, 0.717) is 12.4 Å². The van der Waals surface area contributed by atoms with Crippen molar-refractivity contribution in [2.75, 3.05) is 0 Å². The van der Waals surface area contributed by atoms with Crippen molar-refractivity contribution < 1.29 is 14.9 Å². The van der Waals surface area contributed by atoms with Crippen LogP contribution in [0.25, 0.3) is 0 Å². The molecule has 0 bridgehead atoms. The third-order valence-electron chi connectivity index (χ3n) is 2.52. The first-order valence-corrected chi connectivity index (χ1v) is 5.35. The van der Waals surface area contributed by atoms with Crippen molar-refractivity contribution in [1.82, 2.24) is 0 Å². The maximum atomic E-state index is 9.55. The van der Waals surface area contributed by atoms with Gasteiger partial charge >= 0.3 is 0 Å². The molecule has 3 nitrogen and oxygen atoms in total. The Bertz CT molecular complexity index is 503. The van der Waals surface area contributed by atoms with Crippen LogP contribution in [-0.4, -0.2) is 10.2 Å². The number of ether oxygens (including phenoxy) is 1. The van der Waals surface area contributed by atoms with Gasteiger partial charge in [0, 0.05) is 0 Å². The van der Waals surface area contributed by atoms with Crippen molar-refractivity contribution in [3.63, 3.8) is 0 Å². The molecule has 2 aromatic rings. The maximum absolute atomic E-state index is 9.55. The molecule has 3 heteroatoms. The van der Waals surface area contributed by atoms with E-state index in [-0.39, 0.29) is 11.5 Å². The number of phenolic OH excluding ortho intramolecular Hbond substituents is 2. The number of benzene rings is 2. The molecule has 2 aromatic carbocycles. The molecular weight excluding hydrogens is 216 g/mol. The standard InChI is InChI=1S/C14H14O3/c1-10-2-3-11(8-14(10)16)9-17-13-6-4-12(15)5-7-13/h2-8,15-16H,9H2,1H3. The average Bonchev–Trinajstić information content (AvgIpc) is 2.33. The Kier molecular flexibility index (Phi) is 3.19. The summed E-state index contributed by atoms with van der Waals surface area (Å²) >= 11 is 0. The van der Waals surface area contributed by atoms with Crippen molar-refractivity contribution in [3.05, 3.63) is 53.6 Å². The van der Waals surface area contributed by atoms with E-state index in [4.69, 9.17) is 9.84 Å². The minimum absolute atomic E-state index is 0.213. The Labute approximate surface area is 99.9 Å². The summed E-state index contributed by atoms with van der Waals surface area (Å²) in [5, 5.41) is 18.7. The Morgan fingerprint density at radius 1 is 1.00 bits per heavy atom. The highest BCUT2D eigenvalue weighted by molar-refractivity contribution is 5.35. The zero-order chi connectivity index (χ0) is 12.3. The predicted octanol–water partition coefficient (Wildman–Crippen LogP) is 2.99. The van der Waals surface area contributed by atoms with Crippen molar-refractivity contribution in [2.24, 2.45) is 0 Å². The molecule has 0 aliphatic heterocycles. The Morgan fingerprint density at radius 2 is 1.71 bits per heavy atom. The number of rotatable bonds is 3. The molecule has 0 spiro atoms. The molecule has 0 aliphatic rings. The van der Waals surface area contributed by atoms with Gasteiger partial charge in [0.25, 0.3) is 0 Å². The van der Waals surface area contributed by atoms with Crippen LogP contribution in [-0.2, 0) is 6.61 Å². The van der Waals surface area contributed by atoms with E-state index < -0.39 is 0 Å². The number of phenols is 2. The summed E-state index contributed by atoms with van der Waals surface area (Å²) in [5.74, 6) is 1.17. The summed E-state index contributed by atoms with van der Waals surface area (Å²) in [6, 6.07) is 12.0. The molecule has 2 N–H and O–H groups in total. The summed E-state index contributed by atoms with van der Waals surface area (Å²) in [7, 11) is 0. The normalized spacial score (nSPS) is 10.2. The molecule has 0 fully saturated rings. The van der Waals surface area contributed by atoms with Crippen LogP contribution in [0.15, 0.2) is 42.5 Å². The molecule has 88 valence electrons. The fourth-order valence-corrected chi connectivity index (χ4v) is 1.45. The van der Waals surface area contributed by atoms with Gasteiger partial charge in [0.15, 0.2) is 0 Å². The van der Waals surface area contributed by atoms with Crippen LogP contribution in [0, 0.1) is 6.92 Å². The first kappa shape index (κ1) is 11.3. The molecule has 0 atom stereocenters. The lowest BCUT2D eigenvalue weighted by Crippen LogP contribution is -1.95. The highest BCUT2D eigenvalue weighted by atomic mass is 16.5. The predicted molar refractivity (Wildman–Crippen MR) is 65.3 cm³/mol. The van der Waals surface area contributed by atoms with E-state index in [1.165, 1.54) is 0 Å². The smallest absolute Gasteiger partial charge is 0.120 e. The van der Waals surface area contributed by atoms with Crippen LogP contribution >= 0.6 is 0 Å². The molecule has 0 heterocycles. The molecule has 0 aromatic heterocycles. The quantitative estimate of drug-likeness (QED) is 0.852. The molecule has 17 heavy (non-hydrogen) atoms. The van der Waals surface area contributed by atoms with Crippen LogP contribution in [0.5, 0.6) is 17.2 Å². The van der Waals surface area contributed by atoms with Crippen molar-refractivity contribution in [1.29, 1.82) is 0 Å². The Balaban J connectivity index is 2.02. The largest absolute Gasteiger partial charge is 0.508 e. The number of aryl methyl sites for hydroxylation is 1. The van der Waals surface area contributed by atoms with Gasteiger partial charge < -0.3 is 14.9 Å². The lowest BCUT2D eigenvalue weighted by atomic mass is 10.1. The summed E-state index contributed by atoms with van der Waals surface area (Å²) in [4.78, 5) is 0. The number of hydrogen-bond donors (Lipinski definition) is 2. The topological polar surface area (TPSA) is 49.7 Å². The zero-order valence-corrected chi connectivity index (χ0v) is 9.55. The fraction of sp³-hybridized carbons (Fsp3) is 0.143. The van der Waals surface area contributed by atoms with Crippen LogP contribution in [0.1, 0.15) is 11.1 Å². The van der Waals surface area contributed by atoms with Crippen molar-refractivity contribution >= 4 is 0 Å². The van der Waals surface area contributed by atoms with Gasteiger partial charge in [-0.3, -0.25) is 0 Å². The molecule has 0 unspecified atom stereocenters. The second-order valence-electron chi connectivity index (χ2n) is 3.90. The first-order valence-electron chi connectivity index (χ1n) is 5.35. The molecular formula is C14H14O3. The van der Waals surface area contributed by atoms with Gasteiger partial charge in [-0.15, -0.1) is 0 Å². The van der Waals surface area contributed by atoms with Gasteiger partial charge in [0.2, 0.25) is 0 Å². The van der Waals surface area contributed by atoms with E-state index in [1.54, 1.807) is 30.3 Å². The third-order valence-corrected chi connectivity index (χ3v) is 2.52. The number of aromatic hydroxyl groups is 2. The monoisotopic (exact) mass is 230 g/mol. The van der Waals surface area contributed by atoms with E-state index in [1.807, 2.05) is 19.1 Å². The highest BCUT2D eigenvalue weighted by Gasteiger charge is 2.00. The second-order valence-corrected chi connectivity index (χ2v) is 3.90. The lowest BCUT2D eigenvalue weighted by molar-refractivity contribution is 0.305. The lowest BCUT2D eigenvalue weighted by Gasteiger charge is -2.07. The minimum Gasteiger partial charge on any atom is -0.508 e. The van der Waals surface area contributed by atoms with Gasteiger partial charge in [0.05, 0.1) is 0 Å². The van der Waals surface area contributed by atoms with Gasteiger partial charge in [-0.25, -0.2) is 0 Å². The fourth-order valence-electron chi connectivity index (χ4n) is 1.45. The summed E-state index contributed by atoms with van der Waals surface area (Å²) in [6.45, 7) is 2.23. The molecule has 0 saturated carbocycles. The van der Waals surface area contributed by atoms with Gasteiger partial charge in [-0.2, -0.15) is 0 Å². The van der Waals surface area contributed by atoms with E-state index in [0.717, 1.165) is 11.1 Å². The zero-order valence-electron chi connectivity index (χ0n) is 9.55. The summed E-state index contributed by atoms with van der Waals surface area (Å²) in [5.41, 5.74) is 1.75. The first-order chi connectivity index (χ1) is 8.15. The molecule has 0 radical (unpaired) electrons. The van der Waals surface area contributed by atoms with Crippen LogP contribution in [0.3, 0.4) is 0 Å². The van der Waals surface area contributed by atoms with Crippen LogP contribution in [0.2, 0.25) is 0 Å². The van der Waals surface area contributed by atoms with E-state index in [2.05, 4.69) is 0 Å². The molecule has 2 rings (SSSR count). The maximum Gasteiger partial charge on any atom is 0.120 e. The summed E-state index contributed by atoms with van der Waals surface area (Å²) in [6.07, 6.45) is 0. The highest BCUT2D eigenvalue weighted by Crippen LogP contribution is 2.20.